The van der Waals surface area contributed by atoms with E-state index in [0.29, 0.717) is 19.4 Å². The number of nitrogens with one attached hydrogen (secondary N) is 1. The molecule has 7 atom stereocenters. The SMILES string of the molecule is CCCCCC/C=C/CC/C=C/C(O)C(COC1OC(CO)C(O)C(O)C1O)NC(=O)CCCCCCCCCCCCCCCCCCCOC(=O)CCCCCCCCCCCCC. The van der Waals surface area contributed by atoms with Gasteiger partial charge in [0, 0.05) is 12.8 Å². The van der Waals surface area contributed by atoms with Gasteiger partial charge in [0.05, 0.1) is 32.0 Å². The van der Waals surface area contributed by atoms with Crippen LogP contribution >= 0.6 is 0 Å². The van der Waals surface area contributed by atoms with Crippen molar-refractivity contribution in [2.24, 2.45) is 0 Å². The van der Waals surface area contributed by atoms with Crippen molar-refractivity contribution < 1.29 is 49.3 Å². The molecule has 7 unspecified atom stereocenters. The number of amides is 1. The fourth-order valence-corrected chi connectivity index (χ4v) is 8.63. The second kappa shape index (κ2) is 45.6. The Morgan fingerprint density at radius 2 is 0.985 bits per heavy atom. The number of allylic oxidation sites excluding steroid dienone is 3. The van der Waals surface area contributed by atoms with Gasteiger partial charge in [0.1, 0.15) is 24.4 Å². The van der Waals surface area contributed by atoms with E-state index < -0.39 is 49.5 Å². The summed E-state index contributed by atoms with van der Waals surface area (Å²) in [4.78, 5) is 25.0. The van der Waals surface area contributed by atoms with Crippen molar-refractivity contribution in [3.8, 4) is 0 Å². The molecule has 0 bridgehead atoms. The lowest BCUT2D eigenvalue weighted by Crippen LogP contribution is -2.60. The number of hydrogen-bond donors (Lipinski definition) is 6. The maximum Gasteiger partial charge on any atom is 0.305 e. The Kier molecular flexibility index (Phi) is 42.9. The molecule has 66 heavy (non-hydrogen) atoms. The lowest BCUT2D eigenvalue weighted by Gasteiger charge is -2.40. The highest BCUT2D eigenvalue weighted by Gasteiger charge is 2.44. The Morgan fingerprint density at radius 3 is 1.50 bits per heavy atom. The molecule has 1 fully saturated rings. The molecule has 0 aromatic rings. The summed E-state index contributed by atoms with van der Waals surface area (Å²) in [6.45, 7) is 4.27. The van der Waals surface area contributed by atoms with Crippen molar-refractivity contribution in [1.82, 2.24) is 5.32 Å². The van der Waals surface area contributed by atoms with Gasteiger partial charge in [-0.2, -0.15) is 0 Å². The van der Waals surface area contributed by atoms with Gasteiger partial charge >= 0.3 is 5.97 Å². The van der Waals surface area contributed by atoms with Gasteiger partial charge in [-0.05, 0) is 44.9 Å². The summed E-state index contributed by atoms with van der Waals surface area (Å²) in [7, 11) is 0. The van der Waals surface area contributed by atoms with Crippen LogP contribution in [-0.2, 0) is 23.8 Å². The van der Waals surface area contributed by atoms with Gasteiger partial charge in [-0.1, -0.05) is 218 Å². The van der Waals surface area contributed by atoms with Crippen molar-refractivity contribution in [2.75, 3.05) is 19.8 Å². The third kappa shape index (κ3) is 35.3. The minimum Gasteiger partial charge on any atom is -0.466 e. The number of ether oxygens (including phenoxy) is 3. The molecular weight excluding hydrogens is 835 g/mol. The zero-order valence-electron chi connectivity index (χ0n) is 42.4. The molecule has 0 aromatic carbocycles. The van der Waals surface area contributed by atoms with Crippen LogP contribution in [0.1, 0.15) is 251 Å². The molecule has 1 aliphatic heterocycles. The first-order valence-corrected chi connectivity index (χ1v) is 27.6. The summed E-state index contributed by atoms with van der Waals surface area (Å²) < 4.78 is 16.6. The van der Waals surface area contributed by atoms with Crippen LogP contribution in [0.15, 0.2) is 24.3 Å². The van der Waals surface area contributed by atoms with E-state index in [9.17, 15) is 35.1 Å². The number of rotatable bonds is 47. The lowest BCUT2D eigenvalue weighted by molar-refractivity contribution is -0.302. The van der Waals surface area contributed by atoms with E-state index in [-0.39, 0.29) is 18.5 Å². The summed E-state index contributed by atoms with van der Waals surface area (Å²) in [5, 5.41) is 54.1. The van der Waals surface area contributed by atoms with Crippen LogP contribution < -0.4 is 5.32 Å². The van der Waals surface area contributed by atoms with Gasteiger partial charge in [0.25, 0.3) is 0 Å². The van der Waals surface area contributed by atoms with Crippen molar-refractivity contribution in [2.45, 2.75) is 294 Å². The fraction of sp³-hybridized carbons (Fsp3) is 0.891. The number of esters is 1. The number of carbonyl (C=O) groups is 2. The van der Waals surface area contributed by atoms with Crippen molar-refractivity contribution in [3.05, 3.63) is 24.3 Å². The first kappa shape index (κ1) is 62.2. The molecule has 1 amide bonds. The maximum absolute atomic E-state index is 13.0. The number of carbonyl (C=O) groups excluding carboxylic acids is 2. The van der Waals surface area contributed by atoms with Gasteiger partial charge in [-0.3, -0.25) is 9.59 Å². The van der Waals surface area contributed by atoms with Crippen molar-refractivity contribution in [1.29, 1.82) is 0 Å². The van der Waals surface area contributed by atoms with E-state index in [1.165, 1.54) is 154 Å². The van der Waals surface area contributed by atoms with E-state index in [1.807, 2.05) is 6.08 Å². The lowest BCUT2D eigenvalue weighted by atomic mass is 9.99. The standard InChI is InChI=1S/C55H103NO10/c1-3-5-7-9-11-13-22-27-31-35-39-43-51(60)64-44-40-36-32-28-24-21-19-17-15-16-18-20-23-26-30-34-38-42-50(59)56-47(46-65-55-54(63)53(62)52(61)49(45-57)66-55)48(58)41-37-33-29-25-14-12-10-8-6-4-2/h14,25,37,41,47-49,52-55,57-58,61-63H,3-13,15-24,26-36,38-40,42-46H2,1-2H3,(H,56,59)/b25-14+,41-37+. The van der Waals surface area contributed by atoms with E-state index in [2.05, 4.69) is 31.3 Å². The van der Waals surface area contributed by atoms with Gasteiger partial charge in [-0.25, -0.2) is 0 Å². The predicted octanol–water partition coefficient (Wildman–Crippen LogP) is 11.8. The van der Waals surface area contributed by atoms with Gasteiger partial charge in [0.2, 0.25) is 5.91 Å². The van der Waals surface area contributed by atoms with E-state index in [1.54, 1.807) is 6.08 Å². The molecule has 0 spiro atoms. The number of unbranched alkanes of at least 4 members (excludes halogenated alkanes) is 31. The van der Waals surface area contributed by atoms with Crippen LogP contribution in [-0.4, -0.2) is 100 Å². The maximum atomic E-state index is 13.0. The molecule has 388 valence electrons. The normalized spacial score (nSPS) is 19.8. The third-order valence-electron chi connectivity index (χ3n) is 13.1. The van der Waals surface area contributed by atoms with Crippen LogP contribution in [0.4, 0.5) is 0 Å². The zero-order chi connectivity index (χ0) is 48.1. The first-order valence-electron chi connectivity index (χ1n) is 27.6. The predicted molar refractivity (Wildman–Crippen MR) is 269 cm³/mol. The van der Waals surface area contributed by atoms with Crippen LogP contribution in [0, 0.1) is 0 Å². The molecule has 6 N–H and O–H groups in total. The second-order valence-corrected chi connectivity index (χ2v) is 19.3. The highest BCUT2D eigenvalue weighted by atomic mass is 16.7. The van der Waals surface area contributed by atoms with E-state index in [0.717, 1.165) is 70.6 Å². The Bertz CT molecular complexity index is 1150. The fourth-order valence-electron chi connectivity index (χ4n) is 8.63. The molecule has 11 nitrogen and oxygen atoms in total. The topological polar surface area (TPSA) is 175 Å². The molecule has 1 aliphatic rings. The zero-order valence-corrected chi connectivity index (χ0v) is 42.4. The average Bonchev–Trinajstić information content (AvgIpc) is 3.31. The van der Waals surface area contributed by atoms with Crippen LogP contribution in [0.25, 0.3) is 0 Å². The molecule has 0 aromatic heterocycles. The summed E-state index contributed by atoms with van der Waals surface area (Å²) in [6.07, 6.45) is 42.7. The summed E-state index contributed by atoms with van der Waals surface area (Å²) in [5.74, 6) is -0.212. The number of aliphatic hydroxyl groups excluding tert-OH is 5. The smallest absolute Gasteiger partial charge is 0.305 e. The van der Waals surface area contributed by atoms with E-state index >= 15 is 0 Å². The van der Waals surface area contributed by atoms with Gasteiger partial charge in [-0.15, -0.1) is 0 Å². The monoisotopic (exact) mass is 938 g/mol. The molecule has 0 saturated carbocycles. The Hall–Kier alpha value is -1.86. The van der Waals surface area contributed by atoms with Gasteiger partial charge in [0.15, 0.2) is 6.29 Å². The van der Waals surface area contributed by atoms with Crippen molar-refractivity contribution in [3.63, 3.8) is 0 Å². The molecular formula is C55H103NO10. The third-order valence-corrected chi connectivity index (χ3v) is 13.1. The largest absolute Gasteiger partial charge is 0.466 e. The summed E-state index contributed by atoms with van der Waals surface area (Å²) in [5.41, 5.74) is 0. The minimum absolute atomic E-state index is 0.0127. The summed E-state index contributed by atoms with van der Waals surface area (Å²) in [6, 6.07) is -0.829. The number of aliphatic hydroxyl groups is 5. The second-order valence-electron chi connectivity index (χ2n) is 19.3. The molecule has 1 saturated heterocycles. The van der Waals surface area contributed by atoms with E-state index in [4.69, 9.17) is 14.2 Å². The van der Waals surface area contributed by atoms with Crippen LogP contribution in [0.3, 0.4) is 0 Å². The highest BCUT2D eigenvalue weighted by Crippen LogP contribution is 2.23. The molecule has 1 heterocycles. The molecule has 1 rings (SSSR count). The average molecular weight is 938 g/mol. The Labute approximate surface area is 403 Å². The molecule has 0 radical (unpaired) electrons. The molecule has 0 aliphatic carbocycles. The van der Waals surface area contributed by atoms with Crippen molar-refractivity contribution >= 4 is 11.9 Å². The minimum atomic E-state index is -1.58. The van der Waals surface area contributed by atoms with Gasteiger partial charge < -0.3 is 45.1 Å². The summed E-state index contributed by atoms with van der Waals surface area (Å²) >= 11 is 0. The molecule has 11 heteroatoms. The quantitative estimate of drug-likeness (QED) is 0.0196. The highest BCUT2D eigenvalue weighted by molar-refractivity contribution is 5.76. The van der Waals surface area contributed by atoms with Crippen LogP contribution in [0.5, 0.6) is 0 Å². The van der Waals surface area contributed by atoms with Crippen LogP contribution in [0.2, 0.25) is 0 Å². The Morgan fingerprint density at radius 1 is 0.545 bits per heavy atom. The Balaban J connectivity index is 2.09. The number of hydrogen-bond acceptors (Lipinski definition) is 10. The first-order chi connectivity index (χ1) is 32.2.